The van der Waals surface area contributed by atoms with Crippen LogP contribution in [0.25, 0.3) is 0 Å². The van der Waals surface area contributed by atoms with Crippen LogP contribution in [0.5, 0.6) is 0 Å². The van der Waals surface area contributed by atoms with Gasteiger partial charge in [0.05, 0.1) is 30.8 Å². The average Bonchev–Trinajstić information content (AvgIpc) is 3.38. The summed E-state index contributed by atoms with van der Waals surface area (Å²) in [6.45, 7) is 11.9. The van der Waals surface area contributed by atoms with E-state index in [1.54, 1.807) is 0 Å². The minimum Gasteiger partial charge on any atom is -0.392 e. The van der Waals surface area contributed by atoms with Crippen molar-refractivity contribution in [3.63, 3.8) is 0 Å². The second-order valence-electron chi connectivity index (χ2n) is 23.1. The second kappa shape index (κ2) is 58.4. The number of unbranched alkanes of at least 4 members (excludes halogenated alkanes) is 36. The minimum atomic E-state index is -1.39. The molecular weight excluding hydrogens is 973 g/mol. The predicted octanol–water partition coefficient (Wildman–Crippen LogP) is 16.5. The topological polar surface area (TPSA) is 142 Å². The Morgan fingerprint density at radius 3 is 0.773 bits per heavy atom. The van der Waals surface area contributed by atoms with E-state index < -0.39 is 35.6 Å². The number of carbonyl (C=O) groups is 2. The molecule has 5 unspecified atom stereocenters. The second-order valence-corrected chi connectivity index (χ2v) is 25.4. The summed E-state index contributed by atoms with van der Waals surface area (Å²) in [7, 11) is 0. The third kappa shape index (κ3) is 54.1. The van der Waals surface area contributed by atoms with Crippen LogP contribution in [0.2, 0.25) is 0 Å². The summed E-state index contributed by atoms with van der Waals surface area (Å²) < 4.78 is 0. The van der Waals surface area contributed by atoms with E-state index in [0.29, 0.717) is 50.8 Å². The van der Waals surface area contributed by atoms with Crippen LogP contribution in [0.3, 0.4) is 0 Å². The zero-order valence-corrected chi connectivity index (χ0v) is 51.8. The third-order valence-electron chi connectivity index (χ3n) is 15.4. The molecule has 9 nitrogen and oxygen atoms in total. The zero-order valence-electron chi connectivity index (χ0n) is 50.1. The number of aliphatic hydroxyl groups excluding tert-OH is 5. The minimum absolute atomic E-state index is 0.236. The Bertz CT molecular complexity index is 1120. The SMILES string of the molecule is CCCCCCCCCCCCC(O)CN(CCSC(=O)CC(O)C(=O)SCCN(CC(O)CCCCCCCCCCCC)CC(O)CCCCCCCCCCCC)CC(O)CCCCCCCCCCCC. The quantitative estimate of drug-likeness (QED) is 0.0372. The molecule has 0 aromatic rings. The van der Waals surface area contributed by atoms with Gasteiger partial charge in [-0.05, 0) is 25.7 Å². The van der Waals surface area contributed by atoms with Crippen LogP contribution in [0.4, 0.5) is 0 Å². The summed E-state index contributed by atoms with van der Waals surface area (Å²) in [4.78, 5) is 30.5. The molecule has 448 valence electrons. The number of aliphatic hydroxyl groups is 5. The first-order valence-corrected chi connectivity index (χ1v) is 34.7. The lowest BCUT2D eigenvalue weighted by molar-refractivity contribution is -0.122. The Morgan fingerprint density at radius 1 is 0.320 bits per heavy atom. The largest absolute Gasteiger partial charge is 0.392 e. The van der Waals surface area contributed by atoms with Crippen LogP contribution in [-0.2, 0) is 9.59 Å². The first kappa shape index (κ1) is 74.8. The standard InChI is InChI=1S/C64H128N2O7S2/c1-5-9-13-17-21-25-29-33-37-41-45-58(67)54-65(55-59(68)46-42-38-34-30-26-22-18-14-10-6-2)49-51-74-63(72)53-62(71)64(73)75-52-50-66(56-60(69)47-43-39-35-31-27-23-19-15-11-7-3)57-61(70)48-44-40-36-32-28-24-20-16-12-8-4/h58-62,67-71H,5-57H2,1-4H3. The molecular formula is C64H128N2O7S2. The van der Waals surface area contributed by atoms with Crippen LogP contribution < -0.4 is 0 Å². The van der Waals surface area contributed by atoms with Gasteiger partial charge >= 0.3 is 0 Å². The monoisotopic (exact) mass is 1100 g/mol. The van der Waals surface area contributed by atoms with Crippen molar-refractivity contribution >= 4 is 33.8 Å². The highest BCUT2D eigenvalue weighted by molar-refractivity contribution is 8.14. The fourth-order valence-electron chi connectivity index (χ4n) is 10.5. The van der Waals surface area contributed by atoms with Gasteiger partial charge in [0, 0.05) is 50.8 Å². The molecule has 0 saturated heterocycles. The van der Waals surface area contributed by atoms with E-state index in [-0.39, 0.29) is 11.5 Å². The average molecular weight is 1100 g/mol. The van der Waals surface area contributed by atoms with E-state index in [0.717, 1.165) is 101 Å². The van der Waals surface area contributed by atoms with Gasteiger partial charge in [0.25, 0.3) is 0 Å². The van der Waals surface area contributed by atoms with Crippen molar-refractivity contribution in [2.75, 3.05) is 50.8 Å². The molecule has 11 heteroatoms. The normalized spacial score (nSPS) is 14.0. The van der Waals surface area contributed by atoms with Crippen molar-refractivity contribution in [2.24, 2.45) is 0 Å². The van der Waals surface area contributed by atoms with Gasteiger partial charge in [-0.3, -0.25) is 19.4 Å². The van der Waals surface area contributed by atoms with Gasteiger partial charge in [-0.25, -0.2) is 0 Å². The lowest BCUT2D eigenvalue weighted by atomic mass is 10.0. The van der Waals surface area contributed by atoms with Gasteiger partial charge in [-0.1, -0.05) is 308 Å². The number of carbonyl (C=O) groups excluding carboxylic acids is 2. The van der Waals surface area contributed by atoms with Crippen LogP contribution in [0, 0.1) is 0 Å². The van der Waals surface area contributed by atoms with Gasteiger partial charge in [-0.2, -0.15) is 0 Å². The van der Waals surface area contributed by atoms with Gasteiger partial charge in [0.2, 0.25) is 5.12 Å². The maximum Gasteiger partial charge on any atom is 0.217 e. The maximum atomic E-state index is 13.1. The number of hydrogen-bond acceptors (Lipinski definition) is 11. The van der Waals surface area contributed by atoms with Crippen LogP contribution in [-0.4, -0.2) is 127 Å². The Kier molecular flexibility index (Phi) is 58.2. The fourth-order valence-corrected chi connectivity index (χ4v) is 12.2. The number of hydrogen-bond donors (Lipinski definition) is 5. The first-order valence-electron chi connectivity index (χ1n) is 32.7. The van der Waals surface area contributed by atoms with Crippen molar-refractivity contribution in [1.82, 2.24) is 9.80 Å². The van der Waals surface area contributed by atoms with E-state index in [2.05, 4.69) is 37.5 Å². The van der Waals surface area contributed by atoms with E-state index in [9.17, 15) is 35.1 Å². The molecule has 0 bridgehead atoms. The van der Waals surface area contributed by atoms with Crippen LogP contribution in [0.15, 0.2) is 0 Å². The smallest absolute Gasteiger partial charge is 0.217 e. The van der Waals surface area contributed by atoms with E-state index >= 15 is 0 Å². The van der Waals surface area contributed by atoms with Gasteiger partial charge in [-0.15, -0.1) is 0 Å². The molecule has 0 fully saturated rings. The van der Waals surface area contributed by atoms with Gasteiger partial charge in [0.1, 0.15) is 6.10 Å². The molecule has 0 aliphatic rings. The van der Waals surface area contributed by atoms with E-state index in [4.69, 9.17) is 0 Å². The van der Waals surface area contributed by atoms with Crippen molar-refractivity contribution in [1.29, 1.82) is 0 Å². The molecule has 5 atom stereocenters. The van der Waals surface area contributed by atoms with Crippen molar-refractivity contribution in [3.8, 4) is 0 Å². The Hall–Kier alpha value is -0.240. The summed E-state index contributed by atoms with van der Waals surface area (Å²) in [5.74, 6) is 0.867. The number of rotatable bonds is 61. The molecule has 0 aromatic carbocycles. The zero-order chi connectivity index (χ0) is 55.1. The predicted molar refractivity (Wildman–Crippen MR) is 328 cm³/mol. The van der Waals surface area contributed by atoms with Crippen molar-refractivity contribution < 1.29 is 35.1 Å². The first-order chi connectivity index (χ1) is 36.6. The molecule has 0 heterocycles. The molecule has 0 rings (SSSR count). The highest BCUT2D eigenvalue weighted by Gasteiger charge is 2.23. The molecule has 0 saturated carbocycles. The lowest BCUT2D eigenvalue weighted by Gasteiger charge is -2.27. The number of thioether (sulfide) groups is 2. The molecule has 0 aromatic heterocycles. The maximum absolute atomic E-state index is 13.1. The molecule has 75 heavy (non-hydrogen) atoms. The Balaban J connectivity index is 5.07. The highest BCUT2D eigenvalue weighted by Crippen LogP contribution is 2.20. The summed E-state index contributed by atoms with van der Waals surface area (Å²) in [5.41, 5.74) is 0. The Morgan fingerprint density at radius 2 is 0.533 bits per heavy atom. The van der Waals surface area contributed by atoms with Crippen LogP contribution >= 0.6 is 23.5 Å². The molecule has 0 radical (unpaired) electrons. The van der Waals surface area contributed by atoms with Crippen molar-refractivity contribution in [2.45, 2.75) is 347 Å². The van der Waals surface area contributed by atoms with Crippen LogP contribution in [0.1, 0.15) is 317 Å². The molecule has 0 amide bonds. The highest BCUT2D eigenvalue weighted by atomic mass is 32.2. The summed E-state index contributed by atoms with van der Waals surface area (Å²) in [5, 5.41) is 54.5. The Labute approximate surface area is 474 Å². The third-order valence-corrected chi connectivity index (χ3v) is 17.2. The molecule has 0 spiro atoms. The summed E-state index contributed by atoms with van der Waals surface area (Å²) >= 11 is 2.15. The van der Waals surface area contributed by atoms with E-state index in [1.807, 2.05) is 0 Å². The summed E-state index contributed by atoms with van der Waals surface area (Å²) in [6.07, 6.45) is 49.3. The molecule has 0 aliphatic heterocycles. The fraction of sp³-hybridized carbons (Fsp3) is 0.969. The van der Waals surface area contributed by atoms with E-state index in [1.165, 1.54) is 205 Å². The van der Waals surface area contributed by atoms with Gasteiger partial charge < -0.3 is 25.5 Å². The summed E-state index contributed by atoms with van der Waals surface area (Å²) in [6, 6.07) is 0. The van der Waals surface area contributed by atoms with Gasteiger partial charge in [0.15, 0.2) is 5.12 Å². The number of nitrogens with zero attached hydrogens (tertiary/aromatic N) is 2. The lowest BCUT2D eigenvalue weighted by Crippen LogP contribution is -2.39. The molecule has 5 N–H and O–H groups in total. The van der Waals surface area contributed by atoms with Crippen molar-refractivity contribution in [3.05, 3.63) is 0 Å². The molecule has 0 aliphatic carbocycles.